The molecule has 0 saturated carbocycles. The highest BCUT2D eigenvalue weighted by Crippen LogP contribution is 2.31. The van der Waals surface area contributed by atoms with Crippen molar-refractivity contribution in [2.24, 2.45) is 5.73 Å². The van der Waals surface area contributed by atoms with Crippen molar-refractivity contribution in [2.75, 3.05) is 6.54 Å². The molecule has 2 amide bonds. The van der Waals surface area contributed by atoms with E-state index in [1.165, 1.54) is 4.88 Å². The lowest BCUT2D eigenvalue weighted by Gasteiger charge is -2.39. The van der Waals surface area contributed by atoms with Gasteiger partial charge in [-0.05, 0) is 32.9 Å². The van der Waals surface area contributed by atoms with Gasteiger partial charge in [0, 0.05) is 15.8 Å². The lowest BCUT2D eigenvalue weighted by Crippen LogP contribution is -2.59. The molecule has 3 unspecified atom stereocenters. The zero-order valence-electron chi connectivity index (χ0n) is 11.3. The molecular weight excluding hydrogens is 262 g/mol. The van der Waals surface area contributed by atoms with Crippen molar-refractivity contribution < 1.29 is 9.59 Å². The highest BCUT2D eigenvalue weighted by molar-refractivity contribution is 7.12. The Balaban J connectivity index is 2.33. The Morgan fingerprint density at radius 3 is 2.68 bits per heavy atom. The maximum Gasteiger partial charge on any atom is 0.243 e. The third-order valence-corrected chi connectivity index (χ3v) is 4.45. The summed E-state index contributed by atoms with van der Waals surface area (Å²) < 4.78 is 0. The Hall–Kier alpha value is -1.24. The third kappa shape index (κ3) is 2.86. The molecule has 3 atom stereocenters. The van der Waals surface area contributed by atoms with E-state index in [1.807, 2.05) is 30.9 Å². The van der Waals surface area contributed by atoms with Crippen LogP contribution in [0.15, 0.2) is 12.1 Å². The number of imide groups is 1. The van der Waals surface area contributed by atoms with Crippen molar-refractivity contribution in [3.05, 3.63) is 21.9 Å². The average molecular weight is 281 g/mol. The Bertz CT molecular complexity index is 498. The Morgan fingerprint density at radius 1 is 1.47 bits per heavy atom. The minimum atomic E-state index is -0.351. The van der Waals surface area contributed by atoms with Crippen LogP contribution >= 0.6 is 11.3 Å². The van der Waals surface area contributed by atoms with Gasteiger partial charge in [-0.1, -0.05) is 0 Å². The fourth-order valence-corrected chi connectivity index (χ4v) is 3.53. The summed E-state index contributed by atoms with van der Waals surface area (Å²) in [6.07, 6.45) is 0. The van der Waals surface area contributed by atoms with Crippen LogP contribution in [0.25, 0.3) is 0 Å². The van der Waals surface area contributed by atoms with Gasteiger partial charge in [0.15, 0.2) is 0 Å². The first kappa shape index (κ1) is 14.2. The lowest BCUT2D eigenvalue weighted by molar-refractivity contribution is -0.141. The average Bonchev–Trinajstić information content (AvgIpc) is 2.71. The normalized spacial score (nSPS) is 24.1. The number of hydrogen-bond acceptors (Lipinski definition) is 5. The fraction of sp³-hybridized carbons (Fsp3) is 0.538. The number of carbonyl (C=O) groups is 2. The second-order valence-corrected chi connectivity index (χ2v) is 6.33. The predicted molar refractivity (Wildman–Crippen MR) is 74.8 cm³/mol. The number of thiophene rings is 1. The van der Waals surface area contributed by atoms with Crippen LogP contribution in [0.5, 0.6) is 0 Å². The molecule has 104 valence electrons. The van der Waals surface area contributed by atoms with E-state index in [0.717, 1.165) is 4.88 Å². The van der Waals surface area contributed by atoms with Crippen molar-refractivity contribution in [3.63, 3.8) is 0 Å². The Kier molecular flexibility index (Phi) is 4.03. The van der Waals surface area contributed by atoms with Crippen molar-refractivity contribution in [1.29, 1.82) is 0 Å². The maximum absolute atomic E-state index is 11.8. The van der Waals surface area contributed by atoms with E-state index in [-0.39, 0.29) is 36.5 Å². The summed E-state index contributed by atoms with van der Waals surface area (Å²) in [5, 5.41) is 2.35. The molecule has 5 nitrogen and oxygen atoms in total. The Morgan fingerprint density at radius 2 is 2.16 bits per heavy atom. The number of hydrogen-bond donors (Lipinski definition) is 2. The zero-order valence-corrected chi connectivity index (χ0v) is 12.2. The molecule has 1 aliphatic rings. The summed E-state index contributed by atoms with van der Waals surface area (Å²) in [5.41, 5.74) is 6.08. The molecule has 1 saturated heterocycles. The van der Waals surface area contributed by atoms with Crippen LogP contribution in [0.2, 0.25) is 0 Å². The number of nitrogens with one attached hydrogen (secondary N) is 1. The number of piperazine rings is 1. The SMILES string of the molecule is Cc1ccc(C(C(C)N)N2CC(=O)NC(=O)C2C)s1. The summed E-state index contributed by atoms with van der Waals surface area (Å²) in [7, 11) is 0. The van der Waals surface area contributed by atoms with E-state index in [1.54, 1.807) is 18.3 Å². The van der Waals surface area contributed by atoms with Crippen LogP contribution in [-0.2, 0) is 9.59 Å². The lowest BCUT2D eigenvalue weighted by atomic mass is 10.0. The first-order chi connectivity index (χ1) is 8.90. The largest absolute Gasteiger partial charge is 0.326 e. The monoisotopic (exact) mass is 281 g/mol. The van der Waals surface area contributed by atoms with Gasteiger partial charge >= 0.3 is 0 Å². The van der Waals surface area contributed by atoms with E-state index in [4.69, 9.17) is 5.73 Å². The summed E-state index contributed by atoms with van der Waals surface area (Å²) in [5.74, 6) is -0.516. The van der Waals surface area contributed by atoms with Crippen LogP contribution in [-0.4, -0.2) is 35.3 Å². The number of amides is 2. The maximum atomic E-state index is 11.8. The Labute approximate surface area is 116 Å². The standard InChI is InChI=1S/C13H19N3O2S/c1-7-4-5-10(19-7)12(8(2)14)16-6-11(17)15-13(18)9(16)3/h4-5,8-9,12H,6,14H2,1-3H3,(H,15,17,18). The molecule has 3 N–H and O–H groups in total. The second kappa shape index (κ2) is 5.40. The van der Waals surface area contributed by atoms with Crippen LogP contribution in [0.3, 0.4) is 0 Å². The number of rotatable bonds is 3. The molecule has 0 aromatic carbocycles. The highest BCUT2D eigenvalue weighted by Gasteiger charge is 2.37. The smallest absolute Gasteiger partial charge is 0.243 e. The topological polar surface area (TPSA) is 75.4 Å². The minimum Gasteiger partial charge on any atom is -0.326 e. The van der Waals surface area contributed by atoms with E-state index < -0.39 is 0 Å². The summed E-state index contributed by atoms with van der Waals surface area (Å²) >= 11 is 1.66. The molecule has 0 aliphatic carbocycles. The van der Waals surface area contributed by atoms with Gasteiger partial charge in [-0.25, -0.2) is 0 Å². The highest BCUT2D eigenvalue weighted by atomic mass is 32.1. The van der Waals surface area contributed by atoms with Crippen molar-refractivity contribution in [1.82, 2.24) is 10.2 Å². The molecule has 19 heavy (non-hydrogen) atoms. The van der Waals surface area contributed by atoms with Crippen molar-refractivity contribution in [2.45, 2.75) is 38.9 Å². The van der Waals surface area contributed by atoms with Gasteiger partial charge in [-0.15, -0.1) is 11.3 Å². The molecule has 0 radical (unpaired) electrons. The molecule has 0 bridgehead atoms. The molecule has 1 fully saturated rings. The van der Waals surface area contributed by atoms with Crippen LogP contribution in [0, 0.1) is 6.92 Å². The molecular formula is C13H19N3O2S. The zero-order chi connectivity index (χ0) is 14.2. The summed E-state index contributed by atoms with van der Waals surface area (Å²) in [6.45, 7) is 5.95. The van der Waals surface area contributed by atoms with E-state index in [0.29, 0.717) is 0 Å². The molecule has 0 spiro atoms. The molecule has 2 heterocycles. The number of carbonyl (C=O) groups excluding carboxylic acids is 2. The second-order valence-electron chi connectivity index (χ2n) is 5.01. The number of aryl methyl sites for hydroxylation is 1. The number of nitrogens with two attached hydrogens (primary N) is 1. The van der Waals surface area contributed by atoms with Crippen LogP contribution in [0.1, 0.15) is 29.6 Å². The first-order valence-corrected chi connectivity index (χ1v) is 7.13. The van der Waals surface area contributed by atoms with Gasteiger partial charge in [-0.3, -0.25) is 19.8 Å². The molecule has 2 rings (SSSR count). The summed E-state index contributed by atoms with van der Waals surface area (Å²) in [6, 6.07) is 3.45. The van der Waals surface area contributed by atoms with E-state index in [2.05, 4.69) is 5.32 Å². The quantitative estimate of drug-likeness (QED) is 0.803. The first-order valence-electron chi connectivity index (χ1n) is 6.31. The number of nitrogens with zero attached hydrogens (tertiary/aromatic N) is 1. The predicted octanol–water partition coefficient (Wildman–Crippen LogP) is 0.792. The third-order valence-electron chi connectivity index (χ3n) is 3.37. The van der Waals surface area contributed by atoms with Crippen molar-refractivity contribution in [3.8, 4) is 0 Å². The summed E-state index contributed by atoms with van der Waals surface area (Å²) in [4.78, 5) is 27.5. The fourth-order valence-electron chi connectivity index (χ4n) is 2.41. The van der Waals surface area contributed by atoms with Crippen LogP contribution < -0.4 is 11.1 Å². The van der Waals surface area contributed by atoms with Gasteiger partial charge < -0.3 is 5.73 Å². The van der Waals surface area contributed by atoms with E-state index in [9.17, 15) is 9.59 Å². The van der Waals surface area contributed by atoms with Crippen molar-refractivity contribution >= 4 is 23.2 Å². The van der Waals surface area contributed by atoms with E-state index >= 15 is 0 Å². The van der Waals surface area contributed by atoms with Gasteiger partial charge in [0.25, 0.3) is 0 Å². The minimum absolute atomic E-state index is 0.108. The molecule has 1 aromatic rings. The van der Waals surface area contributed by atoms with Gasteiger partial charge in [0.05, 0.1) is 18.6 Å². The molecule has 6 heteroatoms. The van der Waals surface area contributed by atoms with Gasteiger partial charge in [-0.2, -0.15) is 0 Å². The molecule has 1 aromatic heterocycles. The van der Waals surface area contributed by atoms with Crippen LogP contribution in [0.4, 0.5) is 0 Å². The van der Waals surface area contributed by atoms with Gasteiger partial charge in [0.1, 0.15) is 0 Å². The molecule has 1 aliphatic heterocycles. The van der Waals surface area contributed by atoms with Gasteiger partial charge in [0.2, 0.25) is 11.8 Å².